The Hall–Kier alpha value is -3.49. The Morgan fingerprint density at radius 3 is 2.26 bits per heavy atom. The molecule has 152 valence electrons. The summed E-state index contributed by atoms with van der Waals surface area (Å²) in [6.07, 6.45) is 4.17. The van der Waals surface area contributed by atoms with Crippen molar-refractivity contribution in [3.63, 3.8) is 0 Å². The summed E-state index contributed by atoms with van der Waals surface area (Å²) in [4.78, 5) is 0. The van der Waals surface area contributed by atoms with Crippen LogP contribution in [0.1, 0.15) is 17.2 Å². The summed E-state index contributed by atoms with van der Waals surface area (Å²) in [5, 5.41) is 2.96. The van der Waals surface area contributed by atoms with Crippen LogP contribution in [-0.2, 0) is 0 Å². The number of anilines is 1. The monoisotopic (exact) mass is 422 g/mol. The van der Waals surface area contributed by atoms with Crippen molar-refractivity contribution < 1.29 is 0 Å². The number of rotatable bonds is 4. The van der Waals surface area contributed by atoms with Gasteiger partial charge in [0.2, 0.25) is 0 Å². The van der Waals surface area contributed by atoms with Crippen molar-refractivity contribution in [2.45, 2.75) is 13.0 Å². The molecule has 0 spiro atoms. The number of halogens is 1. The highest BCUT2D eigenvalue weighted by Gasteiger charge is 2.24. The molecule has 0 saturated heterocycles. The number of nitrogens with zero attached hydrogens (tertiary/aromatic N) is 1. The molecule has 3 heteroatoms. The lowest BCUT2D eigenvalue weighted by Gasteiger charge is -2.29. The Morgan fingerprint density at radius 1 is 0.742 bits per heavy atom. The third-order valence-electron chi connectivity index (χ3n) is 5.77. The molecule has 0 saturated carbocycles. The lowest BCUT2D eigenvalue weighted by molar-refractivity contribution is 0.719. The second kappa shape index (κ2) is 8.33. The van der Waals surface area contributed by atoms with Crippen LogP contribution in [0.3, 0.4) is 0 Å². The minimum Gasteiger partial charge on any atom is -0.305 e. The predicted molar refractivity (Wildman–Crippen MR) is 131 cm³/mol. The molecule has 1 heterocycles. The van der Waals surface area contributed by atoms with Crippen molar-refractivity contribution >= 4 is 17.3 Å². The van der Waals surface area contributed by atoms with E-state index in [9.17, 15) is 0 Å². The van der Waals surface area contributed by atoms with E-state index in [0.717, 1.165) is 10.7 Å². The van der Waals surface area contributed by atoms with Crippen LogP contribution >= 0.6 is 11.6 Å². The van der Waals surface area contributed by atoms with Crippen molar-refractivity contribution in [1.82, 2.24) is 5.43 Å². The summed E-state index contributed by atoms with van der Waals surface area (Å²) < 4.78 is 0. The first-order chi connectivity index (χ1) is 15.2. The van der Waals surface area contributed by atoms with Crippen LogP contribution in [0, 0.1) is 6.92 Å². The van der Waals surface area contributed by atoms with Crippen molar-refractivity contribution in [2.75, 3.05) is 5.01 Å². The van der Waals surface area contributed by atoms with Gasteiger partial charge < -0.3 is 5.43 Å². The lowest BCUT2D eigenvalue weighted by atomic mass is 9.94. The van der Waals surface area contributed by atoms with Crippen LogP contribution in [0.15, 0.2) is 109 Å². The van der Waals surface area contributed by atoms with Gasteiger partial charge >= 0.3 is 0 Å². The highest BCUT2D eigenvalue weighted by molar-refractivity contribution is 6.30. The van der Waals surface area contributed by atoms with Crippen LogP contribution < -0.4 is 10.4 Å². The van der Waals surface area contributed by atoms with Gasteiger partial charge in [-0.1, -0.05) is 90.5 Å². The summed E-state index contributed by atoms with van der Waals surface area (Å²) in [5.74, 6) is 0. The Morgan fingerprint density at radius 2 is 1.48 bits per heavy atom. The fourth-order valence-electron chi connectivity index (χ4n) is 4.22. The van der Waals surface area contributed by atoms with Crippen molar-refractivity contribution in [3.05, 3.63) is 125 Å². The molecule has 0 aliphatic carbocycles. The number of aryl methyl sites for hydroxylation is 1. The molecule has 0 amide bonds. The zero-order valence-electron chi connectivity index (χ0n) is 17.3. The Labute approximate surface area is 188 Å². The molecule has 2 nitrogen and oxygen atoms in total. The van der Waals surface area contributed by atoms with E-state index in [0.29, 0.717) is 0 Å². The molecular weight excluding hydrogens is 400 g/mol. The Balaban J connectivity index is 1.53. The number of benzene rings is 4. The average molecular weight is 423 g/mol. The molecule has 31 heavy (non-hydrogen) atoms. The summed E-state index contributed by atoms with van der Waals surface area (Å²) in [7, 11) is 0. The third-order valence-corrected chi connectivity index (χ3v) is 6.02. The zero-order valence-corrected chi connectivity index (χ0v) is 18.1. The SMILES string of the molecule is Cc1cc(-c2ccccc2N2NC=CC2c2ccc(Cl)cc2)ccc1-c1ccccc1. The molecule has 0 aromatic heterocycles. The minimum absolute atomic E-state index is 0.100. The number of hydrazine groups is 1. The fraction of sp³-hybridized carbons (Fsp3) is 0.0714. The molecule has 4 aromatic carbocycles. The molecule has 0 bridgehead atoms. The van der Waals surface area contributed by atoms with E-state index in [2.05, 4.69) is 108 Å². The fourth-order valence-corrected chi connectivity index (χ4v) is 4.35. The first-order valence-electron chi connectivity index (χ1n) is 10.4. The van der Waals surface area contributed by atoms with Crippen LogP contribution in [0.5, 0.6) is 0 Å². The van der Waals surface area contributed by atoms with Gasteiger partial charge in [-0.3, -0.25) is 5.01 Å². The van der Waals surface area contributed by atoms with E-state index in [1.54, 1.807) is 0 Å². The van der Waals surface area contributed by atoms with Gasteiger partial charge in [0.15, 0.2) is 0 Å². The largest absolute Gasteiger partial charge is 0.305 e. The minimum atomic E-state index is 0.100. The van der Waals surface area contributed by atoms with E-state index < -0.39 is 0 Å². The first-order valence-corrected chi connectivity index (χ1v) is 10.8. The molecule has 4 aromatic rings. The second-order valence-corrected chi connectivity index (χ2v) is 8.20. The van der Waals surface area contributed by atoms with E-state index in [1.165, 1.54) is 33.4 Å². The summed E-state index contributed by atoms with van der Waals surface area (Å²) >= 11 is 6.10. The van der Waals surface area contributed by atoms with Crippen molar-refractivity contribution in [2.24, 2.45) is 0 Å². The zero-order chi connectivity index (χ0) is 21.2. The standard InChI is InChI=1S/C28H23ClN2/c1-20-19-23(13-16-25(20)21-7-3-2-4-8-21)26-9-5-6-10-28(26)31-27(17-18-30-31)22-11-14-24(29)15-12-22/h2-19,27,30H,1H3. The molecule has 0 fully saturated rings. The average Bonchev–Trinajstić information content (AvgIpc) is 3.30. The lowest BCUT2D eigenvalue weighted by Crippen LogP contribution is -2.32. The van der Waals surface area contributed by atoms with Gasteiger partial charge in [0.05, 0.1) is 11.7 Å². The molecule has 1 N–H and O–H groups in total. The van der Waals surface area contributed by atoms with Gasteiger partial charge in [-0.2, -0.15) is 0 Å². The van der Waals surface area contributed by atoms with Gasteiger partial charge in [0.1, 0.15) is 0 Å². The number of nitrogens with one attached hydrogen (secondary N) is 1. The predicted octanol–water partition coefficient (Wildman–Crippen LogP) is 7.56. The molecule has 1 unspecified atom stereocenters. The van der Waals surface area contributed by atoms with Gasteiger partial charge in [-0.05, 0) is 59.0 Å². The maximum Gasteiger partial charge on any atom is 0.0952 e. The summed E-state index contributed by atoms with van der Waals surface area (Å²) in [6, 6.07) is 33.9. The quantitative estimate of drug-likeness (QED) is 0.365. The number of hydrogen-bond donors (Lipinski definition) is 1. The third kappa shape index (κ3) is 3.83. The van der Waals surface area contributed by atoms with E-state index in [4.69, 9.17) is 11.6 Å². The summed E-state index contributed by atoms with van der Waals surface area (Å²) in [5.41, 5.74) is 11.9. The van der Waals surface area contributed by atoms with Crippen molar-refractivity contribution in [3.8, 4) is 22.3 Å². The van der Waals surface area contributed by atoms with E-state index in [1.807, 2.05) is 18.3 Å². The summed E-state index contributed by atoms with van der Waals surface area (Å²) in [6.45, 7) is 2.18. The van der Waals surface area contributed by atoms with Gasteiger partial charge in [0, 0.05) is 16.8 Å². The normalized spacial score (nSPS) is 15.2. The van der Waals surface area contributed by atoms with Crippen LogP contribution in [0.25, 0.3) is 22.3 Å². The Kier molecular flexibility index (Phi) is 5.23. The maximum absolute atomic E-state index is 6.10. The highest BCUT2D eigenvalue weighted by Crippen LogP contribution is 2.38. The number of para-hydroxylation sites is 1. The van der Waals surface area contributed by atoms with Crippen LogP contribution in [-0.4, -0.2) is 0 Å². The number of hydrogen-bond acceptors (Lipinski definition) is 2. The molecule has 1 aliphatic rings. The maximum atomic E-state index is 6.10. The molecular formula is C28H23ClN2. The first kappa shape index (κ1) is 19.5. The molecule has 5 rings (SSSR count). The van der Waals surface area contributed by atoms with E-state index >= 15 is 0 Å². The van der Waals surface area contributed by atoms with Gasteiger partial charge in [-0.25, -0.2) is 0 Å². The molecule has 1 aliphatic heterocycles. The van der Waals surface area contributed by atoms with Crippen LogP contribution in [0.4, 0.5) is 5.69 Å². The van der Waals surface area contributed by atoms with E-state index in [-0.39, 0.29) is 6.04 Å². The topological polar surface area (TPSA) is 15.3 Å². The highest BCUT2D eigenvalue weighted by atomic mass is 35.5. The Bertz CT molecular complexity index is 1230. The molecule has 1 atom stereocenters. The molecule has 0 radical (unpaired) electrons. The van der Waals surface area contributed by atoms with Crippen LogP contribution in [0.2, 0.25) is 5.02 Å². The van der Waals surface area contributed by atoms with Crippen molar-refractivity contribution in [1.29, 1.82) is 0 Å². The second-order valence-electron chi connectivity index (χ2n) is 7.77. The van der Waals surface area contributed by atoms with Gasteiger partial charge in [0.25, 0.3) is 0 Å². The smallest absolute Gasteiger partial charge is 0.0952 e. The van der Waals surface area contributed by atoms with Gasteiger partial charge in [-0.15, -0.1) is 0 Å².